The van der Waals surface area contributed by atoms with Gasteiger partial charge in [0.05, 0.1) is 0 Å². The van der Waals surface area contributed by atoms with Gasteiger partial charge < -0.3 is 15.5 Å². The van der Waals surface area contributed by atoms with Gasteiger partial charge in [-0.15, -0.1) is 0 Å². The van der Waals surface area contributed by atoms with Crippen LogP contribution in [-0.4, -0.2) is 49.6 Å². The molecular weight excluding hydrogens is 222 g/mol. The van der Waals surface area contributed by atoms with Crippen molar-refractivity contribution >= 4 is 0 Å². The maximum Gasteiger partial charge on any atom is 0.0465 e. The van der Waals surface area contributed by atoms with E-state index in [-0.39, 0.29) is 6.04 Å². The first kappa shape index (κ1) is 13.5. The van der Waals surface area contributed by atoms with Gasteiger partial charge in [-0.1, -0.05) is 29.8 Å². The highest BCUT2D eigenvalue weighted by atomic mass is 15.2. The highest BCUT2D eigenvalue weighted by molar-refractivity contribution is 5.25. The molecule has 3 nitrogen and oxygen atoms in total. The number of benzene rings is 1. The molecule has 3 heteroatoms. The van der Waals surface area contributed by atoms with Crippen molar-refractivity contribution in [1.82, 2.24) is 9.80 Å². The van der Waals surface area contributed by atoms with Gasteiger partial charge in [-0.25, -0.2) is 0 Å². The fourth-order valence-corrected chi connectivity index (χ4v) is 2.70. The van der Waals surface area contributed by atoms with E-state index < -0.39 is 0 Å². The predicted molar refractivity (Wildman–Crippen MR) is 76.6 cm³/mol. The molecule has 1 aromatic rings. The Bertz CT molecular complexity index is 374. The Morgan fingerprint density at radius 2 is 1.83 bits per heavy atom. The molecule has 0 bridgehead atoms. The summed E-state index contributed by atoms with van der Waals surface area (Å²) in [5.41, 5.74) is 9.01. The van der Waals surface area contributed by atoms with Crippen LogP contribution in [0.4, 0.5) is 0 Å². The second kappa shape index (κ2) is 5.83. The lowest BCUT2D eigenvalue weighted by Crippen LogP contribution is -2.45. The summed E-state index contributed by atoms with van der Waals surface area (Å²) in [6, 6.07) is 9.12. The van der Waals surface area contributed by atoms with Gasteiger partial charge in [0.15, 0.2) is 0 Å². The van der Waals surface area contributed by atoms with Crippen LogP contribution in [0.1, 0.15) is 23.6 Å². The average molecular weight is 247 g/mol. The summed E-state index contributed by atoms with van der Waals surface area (Å²) in [6.45, 7) is 5.46. The molecular formula is C15H25N3. The molecule has 2 N–H and O–H groups in total. The summed E-state index contributed by atoms with van der Waals surface area (Å²) < 4.78 is 0. The maximum atomic E-state index is 6.47. The number of rotatable bonds is 2. The Kier molecular flexibility index (Phi) is 4.38. The van der Waals surface area contributed by atoms with Crippen molar-refractivity contribution in [2.45, 2.75) is 25.4 Å². The van der Waals surface area contributed by atoms with Gasteiger partial charge in [0.25, 0.3) is 0 Å². The van der Waals surface area contributed by atoms with Crippen molar-refractivity contribution in [2.75, 3.05) is 33.7 Å². The lowest BCUT2D eigenvalue weighted by molar-refractivity contribution is 0.196. The molecule has 2 unspecified atom stereocenters. The van der Waals surface area contributed by atoms with Gasteiger partial charge >= 0.3 is 0 Å². The number of nitrogens with two attached hydrogens (primary N) is 1. The fourth-order valence-electron chi connectivity index (χ4n) is 2.70. The third-order valence-corrected chi connectivity index (χ3v) is 3.99. The molecule has 1 aliphatic rings. The first-order valence-corrected chi connectivity index (χ1v) is 6.79. The molecule has 1 fully saturated rings. The zero-order chi connectivity index (χ0) is 13.1. The third-order valence-electron chi connectivity index (χ3n) is 3.99. The second-order valence-corrected chi connectivity index (χ2v) is 5.60. The Balaban J connectivity index is 2.14. The smallest absolute Gasteiger partial charge is 0.0465 e. The zero-order valence-corrected chi connectivity index (χ0v) is 11.8. The van der Waals surface area contributed by atoms with Crippen molar-refractivity contribution in [3.05, 3.63) is 35.4 Å². The molecule has 0 radical (unpaired) electrons. The van der Waals surface area contributed by atoms with Gasteiger partial charge in [-0.3, -0.25) is 0 Å². The van der Waals surface area contributed by atoms with E-state index in [1.165, 1.54) is 24.1 Å². The molecule has 0 saturated carbocycles. The quantitative estimate of drug-likeness (QED) is 0.862. The van der Waals surface area contributed by atoms with E-state index in [2.05, 4.69) is 55.1 Å². The number of hydrogen-bond donors (Lipinski definition) is 1. The van der Waals surface area contributed by atoms with Crippen LogP contribution in [-0.2, 0) is 0 Å². The minimum atomic E-state index is 0.0937. The van der Waals surface area contributed by atoms with Crippen molar-refractivity contribution in [3.8, 4) is 0 Å². The summed E-state index contributed by atoms with van der Waals surface area (Å²) in [5, 5.41) is 0. The molecule has 0 aliphatic carbocycles. The van der Waals surface area contributed by atoms with Gasteiger partial charge in [-0.2, -0.15) is 0 Å². The Morgan fingerprint density at radius 1 is 1.17 bits per heavy atom. The third kappa shape index (κ3) is 3.10. The van der Waals surface area contributed by atoms with E-state index in [0.717, 1.165) is 13.1 Å². The number of nitrogens with zero attached hydrogens (tertiary/aromatic N) is 2. The molecule has 18 heavy (non-hydrogen) atoms. The van der Waals surface area contributed by atoms with E-state index in [4.69, 9.17) is 5.73 Å². The number of aryl methyl sites for hydroxylation is 1. The van der Waals surface area contributed by atoms with Crippen LogP contribution < -0.4 is 5.73 Å². The summed E-state index contributed by atoms with van der Waals surface area (Å²) in [4.78, 5) is 4.80. The SMILES string of the molecule is Cc1ccc(C(N)C2CN(C)CCCN2C)cc1. The first-order chi connectivity index (χ1) is 8.58. The zero-order valence-electron chi connectivity index (χ0n) is 11.8. The van der Waals surface area contributed by atoms with Crippen molar-refractivity contribution in [3.63, 3.8) is 0 Å². The molecule has 1 heterocycles. The molecule has 1 aliphatic heterocycles. The molecule has 100 valence electrons. The molecule has 1 aromatic carbocycles. The lowest BCUT2D eigenvalue weighted by Gasteiger charge is -2.32. The molecule has 2 rings (SSSR count). The van der Waals surface area contributed by atoms with Gasteiger partial charge in [0, 0.05) is 18.6 Å². The minimum absolute atomic E-state index is 0.0937. The fraction of sp³-hybridized carbons (Fsp3) is 0.600. The standard InChI is InChI=1S/C15H25N3/c1-12-5-7-13(8-6-12)15(16)14-11-17(2)9-4-10-18(14)3/h5-8,14-15H,4,9-11,16H2,1-3H3. The summed E-state index contributed by atoms with van der Waals surface area (Å²) >= 11 is 0. The van der Waals surface area contributed by atoms with Crippen LogP contribution in [0.15, 0.2) is 24.3 Å². The monoisotopic (exact) mass is 247 g/mol. The second-order valence-electron chi connectivity index (χ2n) is 5.60. The first-order valence-electron chi connectivity index (χ1n) is 6.79. The molecule has 0 amide bonds. The van der Waals surface area contributed by atoms with E-state index in [1.54, 1.807) is 0 Å². The Labute approximate surface area is 111 Å². The molecule has 1 saturated heterocycles. The highest BCUT2D eigenvalue weighted by Gasteiger charge is 2.26. The summed E-state index contributed by atoms with van der Waals surface area (Å²) in [7, 11) is 4.38. The van der Waals surface area contributed by atoms with Gasteiger partial charge in [0.2, 0.25) is 0 Å². The summed E-state index contributed by atoms with van der Waals surface area (Å²) in [6.07, 6.45) is 1.23. The molecule has 0 aromatic heterocycles. The van der Waals surface area contributed by atoms with Crippen LogP contribution in [0.5, 0.6) is 0 Å². The minimum Gasteiger partial charge on any atom is -0.323 e. The van der Waals surface area contributed by atoms with Crippen LogP contribution in [0.2, 0.25) is 0 Å². The van der Waals surface area contributed by atoms with Crippen LogP contribution >= 0.6 is 0 Å². The van der Waals surface area contributed by atoms with Crippen LogP contribution in [0.25, 0.3) is 0 Å². The highest BCUT2D eigenvalue weighted by Crippen LogP contribution is 2.21. The lowest BCUT2D eigenvalue weighted by atomic mass is 9.98. The normalized spacial score (nSPS) is 24.8. The van der Waals surface area contributed by atoms with Crippen LogP contribution in [0, 0.1) is 6.92 Å². The molecule has 0 spiro atoms. The Hall–Kier alpha value is -0.900. The largest absolute Gasteiger partial charge is 0.323 e. The van der Waals surface area contributed by atoms with Gasteiger partial charge in [0.1, 0.15) is 0 Å². The van der Waals surface area contributed by atoms with Crippen molar-refractivity contribution < 1.29 is 0 Å². The Morgan fingerprint density at radius 3 is 2.50 bits per heavy atom. The van der Waals surface area contributed by atoms with Crippen LogP contribution in [0.3, 0.4) is 0 Å². The van der Waals surface area contributed by atoms with E-state index in [0.29, 0.717) is 6.04 Å². The van der Waals surface area contributed by atoms with E-state index >= 15 is 0 Å². The van der Waals surface area contributed by atoms with Gasteiger partial charge in [-0.05, 0) is 46.1 Å². The van der Waals surface area contributed by atoms with Crippen molar-refractivity contribution in [1.29, 1.82) is 0 Å². The number of likely N-dealkylation sites (N-methyl/N-ethyl adjacent to an activating group) is 2. The van der Waals surface area contributed by atoms with E-state index in [1.807, 2.05) is 0 Å². The predicted octanol–water partition coefficient (Wildman–Crippen LogP) is 1.63. The molecule has 2 atom stereocenters. The maximum absolute atomic E-state index is 6.47. The topological polar surface area (TPSA) is 32.5 Å². The average Bonchev–Trinajstić information content (AvgIpc) is 2.51. The number of hydrogen-bond acceptors (Lipinski definition) is 3. The summed E-state index contributed by atoms with van der Waals surface area (Å²) in [5.74, 6) is 0. The van der Waals surface area contributed by atoms with E-state index in [9.17, 15) is 0 Å². The van der Waals surface area contributed by atoms with Crippen molar-refractivity contribution in [2.24, 2.45) is 5.73 Å².